The molecule has 4 nitrogen and oxygen atoms in total. The number of carbonyl (C=O) groups is 1. The van der Waals surface area contributed by atoms with Crippen LogP contribution >= 0.6 is 0 Å². The second kappa shape index (κ2) is 8.46. The maximum absolute atomic E-state index is 11.5. The molecule has 0 radical (unpaired) electrons. The van der Waals surface area contributed by atoms with Crippen molar-refractivity contribution >= 4 is 5.97 Å². The second-order valence-electron chi connectivity index (χ2n) is 6.42. The predicted molar refractivity (Wildman–Crippen MR) is 91.2 cm³/mol. The third-order valence-corrected chi connectivity index (χ3v) is 4.81. The van der Waals surface area contributed by atoms with E-state index in [1.165, 1.54) is 5.56 Å². The number of rotatable bonds is 7. The lowest BCUT2D eigenvalue weighted by molar-refractivity contribution is -0.172. The van der Waals surface area contributed by atoms with Crippen LogP contribution in [0.2, 0.25) is 0 Å². The number of hydrogen-bond donors (Lipinski definition) is 1. The molecule has 0 amide bonds. The fraction of sp³-hybridized carbons (Fsp3) is 0.632. The van der Waals surface area contributed by atoms with Gasteiger partial charge in [0.15, 0.2) is 0 Å². The second-order valence-corrected chi connectivity index (χ2v) is 6.42. The van der Waals surface area contributed by atoms with Crippen LogP contribution in [0.5, 0.6) is 0 Å². The Morgan fingerprint density at radius 2 is 1.91 bits per heavy atom. The molecule has 0 spiro atoms. The van der Waals surface area contributed by atoms with Gasteiger partial charge in [0.05, 0.1) is 0 Å². The summed E-state index contributed by atoms with van der Waals surface area (Å²) in [5, 5.41) is 10.9. The molecule has 2 rings (SSSR count). The monoisotopic (exact) mass is 319 g/mol. The normalized spacial score (nSPS) is 19.3. The third-order valence-electron chi connectivity index (χ3n) is 4.81. The van der Waals surface area contributed by atoms with Crippen molar-refractivity contribution in [3.63, 3.8) is 0 Å². The first-order valence-corrected chi connectivity index (χ1v) is 8.75. The van der Waals surface area contributed by atoms with Crippen molar-refractivity contribution in [3.05, 3.63) is 35.9 Å². The molecule has 4 heteroatoms. The lowest BCUT2D eigenvalue weighted by Gasteiger charge is -2.42. The summed E-state index contributed by atoms with van der Waals surface area (Å²) in [5.74, 6) is -0.225. The average molecular weight is 319 g/mol. The predicted octanol–water partition coefficient (Wildman–Crippen LogP) is 2.79. The van der Waals surface area contributed by atoms with E-state index in [4.69, 9.17) is 4.74 Å². The summed E-state index contributed by atoms with van der Waals surface area (Å²) in [4.78, 5) is 13.9. The quantitative estimate of drug-likeness (QED) is 0.785. The van der Waals surface area contributed by atoms with Gasteiger partial charge in [-0.2, -0.15) is 0 Å². The highest BCUT2D eigenvalue weighted by molar-refractivity contribution is 5.69. The van der Waals surface area contributed by atoms with Gasteiger partial charge in [-0.1, -0.05) is 44.2 Å². The van der Waals surface area contributed by atoms with E-state index < -0.39 is 5.60 Å². The number of benzene rings is 1. The molecule has 1 aromatic carbocycles. The van der Waals surface area contributed by atoms with E-state index in [9.17, 15) is 9.90 Å². The Labute approximate surface area is 139 Å². The molecule has 1 atom stereocenters. The molecule has 1 fully saturated rings. The summed E-state index contributed by atoms with van der Waals surface area (Å²) >= 11 is 0. The van der Waals surface area contributed by atoms with Crippen LogP contribution in [0.1, 0.15) is 45.1 Å². The minimum Gasteiger partial charge on any atom is -0.459 e. The van der Waals surface area contributed by atoms with Crippen molar-refractivity contribution < 1.29 is 14.6 Å². The maximum atomic E-state index is 11.5. The molecule has 1 aliphatic rings. The first kappa shape index (κ1) is 18.0. The van der Waals surface area contributed by atoms with Crippen LogP contribution in [0.25, 0.3) is 0 Å². The van der Waals surface area contributed by atoms with Crippen LogP contribution in [0.4, 0.5) is 0 Å². The summed E-state index contributed by atoms with van der Waals surface area (Å²) < 4.78 is 5.45. The minimum absolute atomic E-state index is 0.225. The van der Waals surface area contributed by atoms with Gasteiger partial charge in [-0.15, -0.1) is 0 Å². The highest BCUT2D eigenvalue weighted by atomic mass is 16.6. The van der Waals surface area contributed by atoms with Gasteiger partial charge < -0.3 is 14.7 Å². The number of aliphatic hydroxyl groups is 1. The molecule has 128 valence electrons. The molecule has 1 aromatic rings. The van der Waals surface area contributed by atoms with Crippen molar-refractivity contribution in [1.29, 1.82) is 0 Å². The molecule has 1 saturated heterocycles. The number of piperidine rings is 1. The Balaban J connectivity index is 1.82. The first-order valence-electron chi connectivity index (χ1n) is 8.75. The Kier molecular flexibility index (Phi) is 6.60. The van der Waals surface area contributed by atoms with Crippen LogP contribution in [-0.4, -0.2) is 47.3 Å². The van der Waals surface area contributed by atoms with E-state index in [-0.39, 0.29) is 12.1 Å². The molecular formula is C19H29NO3. The lowest BCUT2D eigenvalue weighted by Crippen LogP contribution is -2.52. The molecule has 1 heterocycles. The summed E-state index contributed by atoms with van der Waals surface area (Å²) in [6.07, 6.45) is 2.99. The van der Waals surface area contributed by atoms with Crippen LogP contribution in [-0.2, 0) is 16.0 Å². The molecule has 1 aliphatic heterocycles. The number of nitrogens with zero attached hydrogens (tertiary/aromatic N) is 1. The summed E-state index contributed by atoms with van der Waals surface area (Å²) in [5.41, 5.74) is 0.472. The van der Waals surface area contributed by atoms with Crippen molar-refractivity contribution in [2.75, 3.05) is 19.6 Å². The van der Waals surface area contributed by atoms with Gasteiger partial charge in [0.25, 0.3) is 0 Å². The van der Waals surface area contributed by atoms with E-state index >= 15 is 0 Å². The molecule has 0 aromatic heterocycles. The number of carbonyl (C=O) groups excluding carboxylic acids is 1. The minimum atomic E-state index is -0.872. The largest absolute Gasteiger partial charge is 0.459 e. The van der Waals surface area contributed by atoms with Gasteiger partial charge in [-0.3, -0.25) is 4.79 Å². The molecule has 1 N–H and O–H groups in total. The number of likely N-dealkylation sites (tertiary alicyclic amines) is 1. The molecule has 0 saturated carbocycles. The highest BCUT2D eigenvalue weighted by Crippen LogP contribution is 2.29. The molecule has 0 aliphatic carbocycles. The number of esters is 1. The number of hydrogen-bond acceptors (Lipinski definition) is 4. The zero-order chi connectivity index (χ0) is 16.7. The number of ether oxygens (including phenoxy) is 1. The third kappa shape index (κ3) is 5.05. The van der Waals surface area contributed by atoms with Crippen LogP contribution in [0, 0.1) is 0 Å². The van der Waals surface area contributed by atoms with E-state index in [1.54, 1.807) is 6.92 Å². The van der Waals surface area contributed by atoms with Crippen molar-refractivity contribution in [3.8, 4) is 0 Å². The lowest BCUT2D eigenvalue weighted by atomic mass is 9.84. The van der Waals surface area contributed by atoms with E-state index in [1.807, 2.05) is 13.0 Å². The van der Waals surface area contributed by atoms with Gasteiger partial charge in [0, 0.05) is 26.1 Å². The fourth-order valence-corrected chi connectivity index (χ4v) is 3.23. The van der Waals surface area contributed by atoms with Gasteiger partial charge in [-0.25, -0.2) is 0 Å². The maximum Gasteiger partial charge on any atom is 0.305 e. The summed E-state index contributed by atoms with van der Waals surface area (Å²) in [7, 11) is 0. The topological polar surface area (TPSA) is 49.8 Å². The zero-order valence-corrected chi connectivity index (χ0v) is 14.3. The Morgan fingerprint density at radius 3 is 2.48 bits per heavy atom. The van der Waals surface area contributed by atoms with Crippen LogP contribution in [0.3, 0.4) is 0 Å². The fourth-order valence-electron chi connectivity index (χ4n) is 3.23. The van der Waals surface area contributed by atoms with Crippen molar-refractivity contribution in [2.45, 2.75) is 57.7 Å². The van der Waals surface area contributed by atoms with E-state index in [0.717, 1.165) is 26.1 Å². The standard InChI is InChI=1S/C19H29NO3/c1-3-17(23-18(21)4-2)19(22)11-14-20(15-12-19)13-10-16-8-6-5-7-9-16/h5-9,17,22H,3-4,10-15H2,1-2H3. The van der Waals surface area contributed by atoms with Gasteiger partial charge in [0.2, 0.25) is 0 Å². The highest BCUT2D eigenvalue weighted by Gasteiger charge is 2.40. The molecule has 23 heavy (non-hydrogen) atoms. The molecular weight excluding hydrogens is 290 g/mol. The van der Waals surface area contributed by atoms with Crippen molar-refractivity contribution in [1.82, 2.24) is 4.90 Å². The van der Waals surface area contributed by atoms with E-state index in [2.05, 4.69) is 29.2 Å². The summed E-state index contributed by atoms with van der Waals surface area (Å²) in [6.45, 7) is 6.46. The Morgan fingerprint density at radius 1 is 1.26 bits per heavy atom. The first-order chi connectivity index (χ1) is 11.1. The van der Waals surface area contributed by atoms with Crippen LogP contribution < -0.4 is 0 Å². The Hall–Kier alpha value is -1.39. The summed E-state index contributed by atoms with van der Waals surface area (Å²) in [6, 6.07) is 10.5. The van der Waals surface area contributed by atoms with Crippen LogP contribution in [0.15, 0.2) is 30.3 Å². The SMILES string of the molecule is CCC(=O)OC(CC)C1(O)CCN(CCc2ccccc2)CC1. The smallest absolute Gasteiger partial charge is 0.305 e. The van der Waals surface area contributed by atoms with E-state index in [0.29, 0.717) is 25.7 Å². The molecule has 1 unspecified atom stereocenters. The average Bonchev–Trinajstić information content (AvgIpc) is 2.59. The zero-order valence-electron chi connectivity index (χ0n) is 14.3. The molecule has 0 bridgehead atoms. The Bertz CT molecular complexity index is 481. The van der Waals surface area contributed by atoms with Gasteiger partial charge in [0.1, 0.15) is 11.7 Å². The van der Waals surface area contributed by atoms with Gasteiger partial charge in [-0.05, 0) is 31.2 Å². The van der Waals surface area contributed by atoms with Gasteiger partial charge >= 0.3 is 5.97 Å². The van der Waals surface area contributed by atoms with Crippen molar-refractivity contribution in [2.24, 2.45) is 0 Å².